The van der Waals surface area contributed by atoms with Crippen LogP contribution in [-0.4, -0.2) is 44.2 Å². The predicted octanol–water partition coefficient (Wildman–Crippen LogP) is 1.69. The van der Waals surface area contributed by atoms with E-state index in [2.05, 4.69) is 11.4 Å². The van der Waals surface area contributed by atoms with E-state index < -0.39 is 10.0 Å². The molecule has 0 spiro atoms. The average Bonchev–Trinajstić information content (AvgIpc) is 2.91. The molecule has 0 saturated carbocycles. The molecule has 4 nitrogen and oxygen atoms in total. The lowest BCUT2D eigenvalue weighted by molar-refractivity contribution is 0.371. The second-order valence-electron chi connectivity index (χ2n) is 5.14. The summed E-state index contributed by atoms with van der Waals surface area (Å²) in [7, 11) is -1.45. The quantitative estimate of drug-likeness (QED) is 0.900. The van der Waals surface area contributed by atoms with Gasteiger partial charge in [0.1, 0.15) is 0 Å². The minimum absolute atomic E-state index is 0.0125. The summed E-state index contributed by atoms with van der Waals surface area (Å²) in [5.41, 5.74) is 0. The molecule has 0 bridgehead atoms. The van der Waals surface area contributed by atoms with E-state index in [0.717, 1.165) is 32.4 Å². The zero-order valence-electron chi connectivity index (χ0n) is 11.5. The standard InChI is InChI=1S/C13H22N2O2S2/c1-11(10-12-4-3-9-18-12)15(2)19(16,17)13-5-7-14-8-6-13/h3-4,9,11,13-14H,5-8,10H2,1-2H3. The number of sulfonamides is 1. The number of nitrogens with one attached hydrogen (secondary N) is 1. The molecule has 1 saturated heterocycles. The predicted molar refractivity (Wildman–Crippen MR) is 80.1 cm³/mol. The van der Waals surface area contributed by atoms with Crippen molar-refractivity contribution in [1.82, 2.24) is 9.62 Å². The zero-order valence-corrected chi connectivity index (χ0v) is 13.1. The minimum atomic E-state index is -3.17. The highest BCUT2D eigenvalue weighted by Gasteiger charge is 2.33. The van der Waals surface area contributed by atoms with Gasteiger partial charge in [-0.05, 0) is 50.7 Å². The van der Waals surface area contributed by atoms with Crippen molar-refractivity contribution in [2.75, 3.05) is 20.1 Å². The SMILES string of the molecule is CC(Cc1cccs1)N(C)S(=O)(=O)C1CCNCC1. The fourth-order valence-corrected chi connectivity index (χ4v) is 5.13. The largest absolute Gasteiger partial charge is 0.317 e. The molecule has 1 N–H and O–H groups in total. The van der Waals surface area contributed by atoms with Crippen molar-refractivity contribution in [1.29, 1.82) is 0 Å². The summed E-state index contributed by atoms with van der Waals surface area (Å²) in [6, 6.07) is 4.08. The molecule has 108 valence electrons. The Labute approximate surface area is 119 Å². The molecule has 1 aromatic rings. The summed E-state index contributed by atoms with van der Waals surface area (Å²) in [6.45, 7) is 3.59. The summed E-state index contributed by atoms with van der Waals surface area (Å²) in [4.78, 5) is 1.24. The Morgan fingerprint density at radius 3 is 2.74 bits per heavy atom. The molecule has 0 aromatic carbocycles. The maximum atomic E-state index is 12.6. The van der Waals surface area contributed by atoms with Gasteiger partial charge in [-0.25, -0.2) is 12.7 Å². The van der Waals surface area contributed by atoms with E-state index in [1.54, 1.807) is 22.7 Å². The topological polar surface area (TPSA) is 49.4 Å². The van der Waals surface area contributed by atoms with Crippen molar-refractivity contribution in [2.45, 2.75) is 37.5 Å². The first-order valence-corrected chi connectivity index (χ1v) is 9.10. The number of hydrogen-bond donors (Lipinski definition) is 1. The van der Waals surface area contributed by atoms with Gasteiger partial charge in [-0.2, -0.15) is 0 Å². The summed E-state index contributed by atoms with van der Waals surface area (Å²) >= 11 is 1.68. The highest BCUT2D eigenvalue weighted by atomic mass is 32.2. The van der Waals surface area contributed by atoms with Crippen molar-refractivity contribution >= 4 is 21.4 Å². The lowest BCUT2D eigenvalue weighted by Crippen LogP contribution is -2.45. The van der Waals surface area contributed by atoms with Crippen LogP contribution in [0.5, 0.6) is 0 Å². The molecular formula is C13H22N2O2S2. The van der Waals surface area contributed by atoms with E-state index in [4.69, 9.17) is 0 Å². The maximum absolute atomic E-state index is 12.6. The van der Waals surface area contributed by atoms with Gasteiger partial charge in [0.15, 0.2) is 0 Å². The normalized spacial score (nSPS) is 19.7. The summed E-state index contributed by atoms with van der Waals surface area (Å²) in [6.07, 6.45) is 2.23. The van der Waals surface area contributed by atoms with Crippen molar-refractivity contribution in [3.63, 3.8) is 0 Å². The molecule has 0 amide bonds. The van der Waals surface area contributed by atoms with Crippen molar-refractivity contribution in [3.8, 4) is 0 Å². The molecule has 19 heavy (non-hydrogen) atoms. The molecule has 1 aliphatic rings. The van der Waals surface area contributed by atoms with Gasteiger partial charge in [-0.15, -0.1) is 11.3 Å². The maximum Gasteiger partial charge on any atom is 0.217 e. The minimum Gasteiger partial charge on any atom is -0.317 e. The van der Waals surface area contributed by atoms with Crippen LogP contribution in [0.3, 0.4) is 0 Å². The highest BCUT2D eigenvalue weighted by Crippen LogP contribution is 2.21. The molecule has 1 aromatic heterocycles. The van der Waals surface area contributed by atoms with Crippen molar-refractivity contribution < 1.29 is 8.42 Å². The van der Waals surface area contributed by atoms with Crippen LogP contribution in [0.2, 0.25) is 0 Å². The summed E-state index contributed by atoms with van der Waals surface area (Å²) in [5.74, 6) is 0. The fraction of sp³-hybridized carbons (Fsp3) is 0.692. The van der Waals surface area contributed by atoms with Gasteiger partial charge >= 0.3 is 0 Å². The number of piperidine rings is 1. The van der Waals surface area contributed by atoms with Crippen LogP contribution >= 0.6 is 11.3 Å². The van der Waals surface area contributed by atoms with E-state index in [9.17, 15) is 8.42 Å². The Morgan fingerprint density at radius 2 is 2.16 bits per heavy atom. The highest BCUT2D eigenvalue weighted by molar-refractivity contribution is 7.89. The van der Waals surface area contributed by atoms with Crippen molar-refractivity contribution in [3.05, 3.63) is 22.4 Å². The first kappa shape index (κ1) is 15.0. The van der Waals surface area contributed by atoms with Crippen LogP contribution < -0.4 is 5.32 Å². The van der Waals surface area contributed by atoms with Crippen LogP contribution in [0.15, 0.2) is 17.5 Å². The molecule has 1 fully saturated rings. The molecule has 6 heteroatoms. The lowest BCUT2D eigenvalue weighted by Gasteiger charge is -2.31. The zero-order chi connectivity index (χ0) is 13.9. The van der Waals surface area contributed by atoms with Crippen LogP contribution in [0.4, 0.5) is 0 Å². The van der Waals surface area contributed by atoms with Gasteiger partial charge in [0.05, 0.1) is 5.25 Å². The smallest absolute Gasteiger partial charge is 0.217 e. The number of thiophene rings is 1. The monoisotopic (exact) mass is 302 g/mol. The van der Waals surface area contributed by atoms with E-state index in [0.29, 0.717) is 0 Å². The molecule has 2 heterocycles. The Morgan fingerprint density at radius 1 is 1.47 bits per heavy atom. The van der Waals surface area contributed by atoms with Gasteiger partial charge in [-0.3, -0.25) is 0 Å². The molecular weight excluding hydrogens is 280 g/mol. The van der Waals surface area contributed by atoms with Crippen LogP contribution in [0, 0.1) is 0 Å². The van der Waals surface area contributed by atoms with E-state index in [1.165, 1.54) is 4.88 Å². The Bertz CT molecular complexity index is 479. The summed E-state index contributed by atoms with van der Waals surface area (Å²) < 4.78 is 26.7. The van der Waals surface area contributed by atoms with Crippen LogP contribution in [0.1, 0.15) is 24.6 Å². The Balaban J connectivity index is 2.02. The molecule has 1 unspecified atom stereocenters. The first-order valence-electron chi connectivity index (χ1n) is 6.71. The number of rotatable bonds is 5. The average molecular weight is 302 g/mol. The molecule has 1 atom stereocenters. The second kappa shape index (κ2) is 6.35. The molecule has 0 aliphatic carbocycles. The molecule has 0 radical (unpaired) electrons. The number of likely N-dealkylation sites (N-methyl/N-ethyl adjacent to an activating group) is 1. The van der Waals surface area contributed by atoms with Gasteiger partial charge in [0.25, 0.3) is 0 Å². The number of nitrogens with zero attached hydrogens (tertiary/aromatic N) is 1. The van der Waals surface area contributed by atoms with Crippen molar-refractivity contribution in [2.24, 2.45) is 0 Å². The van der Waals surface area contributed by atoms with E-state index in [1.807, 2.05) is 18.4 Å². The van der Waals surface area contributed by atoms with Gasteiger partial charge in [0.2, 0.25) is 10.0 Å². The van der Waals surface area contributed by atoms with E-state index in [-0.39, 0.29) is 11.3 Å². The fourth-order valence-electron chi connectivity index (χ4n) is 2.43. The Kier molecular flexibility index (Phi) is 5.00. The third-order valence-electron chi connectivity index (χ3n) is 3.81. The van der Waals surface area contributed by atoms with Crippen LogP contribution in [0.25, 0.3) is 0 Å². The Hall–Kier alpha value is -0.430. The van der Waals surface area contributed by atoms with Gasteiger partial charge in [-0.1, -0.05) is 6.07 Å². The third kappa shape index (κ3) is 3.56. The van der Waals surface area contributed by atoms with Gasteiger partial charge in [0, 0.05) is 18.0 Å². The van der Waals surface area contributed by atoms with Gasteiger partial charge < -0.3 is 5.32 Å². The molecule has 2 rings (SSSR count). The molecule has 1 aliphatic heterocycles. The van der Waals surface area contributed by atoms with E-state index >= 15 is 0 Å². The second-order valence-corrected chi connectivity index (χ2v) is 8.45. The third-order valence-corrected chi connectivity index (χ3v) is 7.18. The summed E-state index contributed by atoms with van der Waals surface area (Å²) in [5, 5.41) is 5.02. The first-order chi connectivity index (χ1) is 9.01. The number of hydrogen-bond acceptors (Lipinski definition) is 4. The van der Waals surface area contributed by atoms with Crippen LogP contribution in [-0.2, 0) is 16.4 Å². The lowest BCUT2D eigenvalue weighted by atomic mass is 10.2.